The Morgan fingerprint density at radius 2 is 1.14 bits per heavy atom. The highest BCUT2D eigenvalue weighted by Gasteiger charge is 2.17. The quantitative estimate of drug-likeness (QED) is 0.288. The third-order valence-corrected chi connectivity index (χ3v) is 4.15. The monoisotopic (exact) mass is 508 g/mol. The van der Waals surface area contributed by atoms with Crippen molar-refractivity contribution >= 4 is 34.9 Å². The molecule has 37 heavy (non-hydrogen) atoms. The number of carbonyl (C=O) groups excluding carboxylic acids is 1. The van der Waals surface area contributed by atoms with Crippen molar-refractivity contribution in [3.05, 3.63) is 61.2 Å². The fraction of sp³-hybridized carbons (Fsp3) is 0.143. The molecule has 4 aromatic heterocycles. The molecule has 0 aliphatic carbocycles. The van der Waals surface area contributed by atoms with E-state index in [0.29, 0.717) is 11.4 Å². The van der Waals surface area contributed by atoms with Crippen molar-refractivity contribution in [1.29, 1.82) is 0 Å². The predicted octanol–water partition coefficient (Wildman–Crippen LogP) is 1.52. The summed E-state index contributed by atoms with van der Waals surface area (Å²) >= 11 is 0. The number of methoxy groups -OCH3 is 3. The number of carboxylic acids is 1. The van der Waals surface area contributed by atoms with Crippen molar-refractivity contribution < 1.29 is 28.9 Å². The minimum absolute atomic E-state index is 0.0192. The van der Waals surface area contributed by atoms with Crippen molar-refractivity contribution in [1.82, 2.24) is 39.9 Å². The van der Waals surface area contributed by atoms with E-state index in [1.165, 1.54) is 58.8 Å². The Hall–Kier alpha value is -5.54. The van der Waals surface area contributed by atoms with Crippen LogP contribution in [0.3, 0.4) is 0 Å². The smallest absolute Gasteiger partial charge is 0.360 e. The first-order valence-electron chi connectivity index (χ1n) is 10.1. The number of nitrogens with zero attached hydrogens (tertiary/aromatic N) is 8. The van der Waals surface area contributed by atoms with Crippen molar-refractivity contribution in [3.8, 4) is 11.8 Å². The number of carbonyl (C=O) groups is 2. The van der Waals surface area contributed by atoms with Gasteiger partial charge >= 0.3 is 11.9 Å². The average molecular weight is 508 g/mol. The number of ether oxygens (including phenoxy) is 3. The van der Waals surface area contributed by atoms with E-state index < -0.39 is 11.9 Å². The van der Waals surface area contributed by atoms with Crippen LogP contribution in [0, 0.1) is 0 Å². The minimum atomic E-state index is -1.21. The van der Waals surface area contributed by atoms with E-state index in [2.05, 4.69) is 55.2 Å². The van der Waals surface area contributed by atoms with Crippen LogP contribution < -0.4 is 20.1 Å². The number of anilines is 4. The fourth-order valence-corrected chi connectivity index (χ4v) is 2.51. The van der Waals surface area contributed by atoms with Crippen LogP contribution in [-0.4, -0.2) is 78.2 Å². The molecule has 0 aromatic carbocycles. The van der Waals surface area contributed by atoms with Gasteiger partial charge in [0.2, 0.25) is 11.8 Å². The van der Waals surface area contributed by atoms with Gasteiger partial charge in [-0.25, -0.2) is 49.5 Å². The molecule has 0 aliphatic rings. The van der Waals surface area contributed by atoms with Crippen molar-refractivity contribution in [2.45, 2.75) is 0 Å². The molecule has 3 N–H and O–H groups in total. The SMILES string of the molecule is COC(=O)c1nc(OC)cnc1Nc1cncnc1.COc1cnc(Nc2cncnc2)c(C(=O)O)n1. The van der Waals surface area contributed by atoms with Gasteiger partial charge in [-0.3, -0.25) is 0 Å². The summed E-state index contributed by atoms with van der Waals surface area (Å²) in [6.45, 7) is 0. The van der Waals surface area contributed by atoms with E-state index in [1.807, 2.05) is 0 Å². The second kappa shape index (κ2) is 12.8. The summed E-state index contributed by atoms with van der Waals surface area (Å²) in [5.41, 5.74) is 0.871. The first-order chi connectivity index (χ1) is 17.9. The Morgan fingerprint density at radius 1 is 0.703 bits per heavy atom. The van der Waals surface area contributed by atoms with E-state index in [9.17, 15) is 9.59 Å². The van der Waals surface area contributed by atoms with Gasteiger partial charge in [0.05, 0.1) is 69.9 Å². The first kappa shape index (κ1) is 26.1. The van der Waals surface area contributed by atoms with Gasteiger partial charge in [-0.05, 0) is 0 Å². The molecule has 0 fully saturated rings. The molecule has 0 unspecified atom stereocenters. The maximum Gasteiger partial charge on any atom is 0.360 e. The minimum Gasteiger partial charge on any atom is -0.480 e. The van der Waals surface area contributed by atoms with Gasteiger partial charge in [0.1, 0.15) is 12.7 Å². The maximum absolute atomic E-state index is 11.6. The standard InChI is InChI=1S/C11H11N5O3.C10H9N5O3/c1-18-8-5-14-10(9(16-8)11(17)19-2)15-7-3-12-6-13-4-7;1-18-7-4-13-9(8(15-7)10(16)17)14-6-2-11-5-12-3-6/h3-6H,1-2H3,(H,14,15);2-5H,1H3,(H,13,14)(H,16,17). The van der Waals surface area contributed by atoms with Crippen LogP contribution in [0.5, 0.6) is 11.8 Å². The number of rotatable bonds is 8. The zero-order valence-corrected chi connectivity index (χ0v) is 19.7. The molecule has 0 spiro atoms. The lowest BCUT2D eigenvalue weighted by Crippen LogP contribution is -2.11. The summed E-state index contributed by atoms with van der Waals surface area (Å²) < 4.78 is 14.4. The van der Waals surface area contributed by atoms with Gasteiger partial charge in [0.25, 0.3) is 0 Å². The summed E-state index contributed by atoms with van der Waals surface area (Å²) in [6.07, 6.45) is 11.5. The second-order valence-electron chi connectivity index (χ2n) is 6.52. The molecule has 0 atom stereocenters. The van der Waals surface area contributed by atoms with Crippen LogP contribution >= 0.6 is 0 Å². The van der Waals surface area contributed by atoms with Crippen molar-refractivity contribution in [2.75, 3.05) is 32.0 Å². The summed E-state index contributed by atoms with van der Waals surface area (Å²) in [6, 6.07) is 0. The number of aromatic nitrogens is 8. The maximum atomic E-state index is 11.6. The second-order valence-corrected chi connectivity index (χ2v) is 6.52. The molecule has 4 heterocycles. The summed E-state index contributed by atoms with van der Waals surface area (Å²) in [5, 5.41) is 14.7. The number of hydrogen-bond acceptors (Lipinski definition) is 15. The topological polar surface area (TPSA) is 209 Å². The van der Waals surface area contributed by atoms with Crippen LogP contribution in [0.2, 0.25) is 0 Å². The van der Waals surface area contributed by atoms with Gasteiger partial charge in [-0.2, -0.15) is 0 Å². The lowest BCUT2D eigenvalue weighted by molar-refractivity contribution is 0.0593. The van der Waals surface area contributed by atoms with Crippen LogP contribution in [0.1, 0.15) is 21.0 Å². The normalized spacial score (nSPS) is 9.81. The molecule has 4 aromatic rings. The lowest BCUT2D eigenvalue weighted by Gasteiger charge is -2.09. The summed E-state index contributed by atoms with van der Waals surface area (Å²) in [4.78, 5) is 53.8. The van der Waals surface area contributed by atoms with Crippen LogP contribution in [0.25, 0.3) is 0 Å². The zero-order chi connectivity index (χ0) is 26.6. The molecule has 0 aliphatic heterocycles. The van der Waals surface area contributed by atoms with E-state index in [1.54, 1.807) is 12.4 Å². The van der Waals surface area contributed by atoms with E-state index >= 15 is 0 Å². The molecular formula is C21H20N10O6. The van der Waals surface area contributed by atoms with Gasteiger partial charge in [0, 0.05) is 0 Å². The Balaban J connectivity index is 0.000000206. The van der Waals surface area contributed by atoms with Crippen LogP contribution in [0.4, 0.5) is 23.0 Å². The molecule has 0 bridgehead atoms. The summed E-state index contributed by atoms with van der Waals surface area (Å²) in [5.74, 6) is -1.15. The molecule has 0 saturated heterocycles. The van der Waals surface area contributed by atoms with Crippen LogP contribution in [-0.2, 0) is 4.74 Å². The number of carboxylic acid groups (broad SMARTS) is 1. The van der Waals surface area contributed by atoms with Gasteiger partial charge in [-0.1, -0.05) is 0 Å². The largest absolute Gasteiger partial charge is 0.480 e. The fourth-order valence-electron chi connectivity index (χ4n) is 2.51. The van der Waals surface area contributed by atoms with Crippen molar-refractivity contribution in [2.24, 2.45) is 0 Å². The highest BCUT2D eigenvalue weighted by molar-refractivity contribution is 5.93. The first-order valence-corrected chi connectivity index (χ1v) is 10.1. The third kappa shape index (κ3) is 7.22. The van der Waals surface area contributed by atoms with Crippen LogP contribution in [0.15, 0.2) is 49.8 Å². The summed E-state index contributed by atoms with van der Waals surface area (Å²) in [7, 11) is 4.08. The number of esters is 1. The Labute approximate surface area is 209 Å². The lowest BCUT2D eigenvalue weighted by atomic mass is 10.4. The zero-order valence-electron chi connectivity index (χ0n) is 19.7. The van der Waals surface area contributed by atoms with Gasteiger partial charge in [0.15, 0.2) is 23.0 Å². The Morgan fingerprint density at radius 3 is 1.54 bits per heavy atom. The highest BCUT2D eigenvalue weighted by Crippen LogP contribution is 2.20. The molecule has 0 amide bonds. The van der Waals surface area contributed by atoms with E-state index in [-0.39, 0.29) is 34.8 Å². The predicted molar refractivity (Wildman–Crippen MR) is 126 cm³/mol. The number of aromatic carboxylic acids is 1. The third-order valence-electron chi connectivity index (χ3n) is 4.15. The molecule has 16 heteroatoms. The molecule has 0 saturated carbocycles. The van der Waals surface area contributed by atoms with Gasteiger partial charge in [-0.15, -0.1) is 0 Å². The van der Waals surface area contributed by atoms with E-state index in [0.717, 1.165) is 0 Å². The van der Waals surface area contributed by atoms with E-state index in [4.69, 9.17) is 14.6 Å². The number of hydrogen-bond donors (Lipinski definition) is 3. The molecule has 16 nitrogen and oxygen atoms in total. The molecular weight excluding hydrogens is 488 g/mol. The molecule has 0 radical (unpaired) electrons. The van der Waals surface area contributed by atoms with Crippen molar-refractivity contribution in [3.63, 3.8) is 0 Å². The highest BCUT2D eigenvalue weighted by atomic mass is 16.5. The Kier molecular flexibility index (Phi) is 9.01. The molecule has 190 valence electrons. The number of nitrogens with one attached hydrogen (secondary N) is 2. The average Bonchev–Trinajstić information content (AvgIpc) is 2.94. The Bertz CT molecular complexity index is 1340. The van der Waals surface area contributed by atoms with Gasteiger partial charge < -0.3 is 30.0 Å². The molecule has 4 rings (SSSR count).